The van der Waals surface area contributed by atoms with E-state index in [0.29, 0.717) is 6.61 Å². The standard InChI is InChI=1S/C11H18N2O2/c1-9-6-11(15-13-9)8-14-5-3-10-2-4-12-7-10/h6,10,12H,2-5,7-8H2,1H3. The lowest BCUT2D eigenvalue weighted by molar-refractivity contribution is 0.0912. The van der Waals surface area contributed by atoms with Gasteiger partial charge in [0, 0.05) is 12.7 Å². The molecule has 1 aromatic heterocycles. The van der Waals surface area contributed by atoms with Crippen molar-refractivity contribution in [3.05, 3.63) is 17.5 Å². The van der Waals surface area contributed by atoms with Gasteiger partial charge in [0.15, 0.2) is 5.76 Å². The summed E-state index contributed by atoms with van der Waals surface area (Å²) in [4.78, 5) is 0. The van der Waals surface area contributed by atoms with Gasteiger partial charge in [0.25, 0.3) is 0 Å². The van der Waals surface area contributed by atoms with E-state index in [0.717, 1.165) is 43.5 Å². The highest BCUT2D eigenvalue weighted by Gasteiger charge is 2.13. The lowest BCUT2D eigenvalue weighted by atomic mass is 10.1. The molecule has 1 aromatic rings. The summed E-state index contributed by atoms with van der Waals surface area (Å²) in [5, 5.41) is 7.16. The highest BCUT2D eigenvalue weighted by atomic mass is 16.5. The molecule has 4 heteroatoms. The molecule has 0 spiro atoms. The second-order valence-electron chi connectivity index (χ2n) is 4.13. The Morgan fingerprint density at radius 2 is 2.60 bits per heavy atom. The van der Waals surface area contributed by atoms with Crippen molar-refractivity contribution < 1.29 is 9.26 Å². The fraction of sp³-hybridized carbons (Fsp3) is 0.727. The minimum Gasteiger partial charge on any atom is -0.373 e. The molecule has 0 bridgehead atoms. The van der Waals surface area contributed by atoms with Crippen LogP contribution < -0.4 is 5.32 Å². The highest BCUT2D eigenvalue weighted by Crippen LogP contribution is 2.12. The van der Waals surface area contributed by atoms with Crippen molar-refractivity contribution >= 4 is 0 Å². The Balaban J connectivity index is 1.58. The second kappa shape index (κ2) is 5.28. The monoisotopic (exact) mass is 210 g/mol. The van der Waals surface area contributed by atoms with Gasteiger partial charge in [-0.15, -0.1) is 0 Å². The van der Waals surface area contributed by atoms with E-state index in [2.05, 4.69) is 10.5 Å². The average molecular weight is 210 g/mol. The Hall–Kier alpha value is -0.870. The van der Waals surface area contributed by atoms with E-state index in [1.807, 2.05) is 13.0 Å². The predicted molar refractivity (Wildman–Crippen MR) is 56.5 cm³/mol. The Labute approximate surface area is 90.0 Å². The number of nitrogens with zero attached hydrogens (tertiary/aromatic N) is 1. The molecule has 15 heavy (non-hydrogen) atoms. The van der Waals surface area contributed by atoms with Gasteiger partial charge in [0.1, 0.15) is 6.61 Å². The average Bonchev–Trinajstić information content (AvgIpc) is 2.84. The van der Waals surface area contributed by atoms with Crippen LogP contribution >= 0.6 is 0 Å². The molecule has 1 atom stereocenters. The topological polar surface area (TPSA) is 47.3 Å². The van der Waals surface area contributed by atoms with Crippen molar-refractivity contribution in [2.45, 2.75) is 26.4 Å². The molecule has 1 unspecified atom stereocenters. The van der Waals surface area contributed by atoms with Crippen LogP contribution in [0.5, 0.6) is 0 Å². The van der Waals surface area contributed by atoms with E-state index in [4.69, 9.17) is 9.26 Å². The van der Waals surface area contributed by atoms with Crippen LogP contribution in [0.1, 0.15) is 24.3 Å². The lowest BCUT2D eigenvalue weighted by Crippen LogP contribution is -2.10. The van der Waals surface area contributed by atoms with Crippen molar-refractivity contribution in [2.75, 3.05) is 19.7 Å². The SMILES string of the molecule is Cc1cc(COCCC2CCNC2)on1. The molecular formula is C11H18N2O2. The van der Waals surface area contributed by atoms with Gasteiger partial charge < -0.3 is 14.6 Å². The Morgan fingerprint density at radius 1 is 1.67 bits per heavy atom. The molecule has 1 saturated heterocycles. The fourth-order valence-corrected chi connectivity index (χ4v) is 1.87. The third-order valence-corrected chi connectivity index (χ3v) is 2.75. The molecule has 0 radical (unpaired) electrons. The van der Waals surface area contributed by atoms with Gasteiger partial charge in [-0.05, 0) is 38.8 Å². The van der Waals surface area contributed by atoms with Gasteiger partial charge >= 0.3 is 0 Å². The van der Waals surface area contributed by atoms with E-state index in [9.17, 15) is 0 Å². The first kappa shape index (κ1) is 10.6. The maximum absolute atomic E-state index is 5.53. The first-order chi connectivity index (χ1) is 7.34. The minimum absolute atomic E-state index is 0.543. The van der Waals surface area contributed by atoms with Gasteiger partial charge in [-0.25, -0.2) is 0 Å². The van der Waals surface area contributed by atoms with Crippen LogP contribution in [0.2, 0.25) is 0 Å². The van der Waals surface area contributed by atoms with Gasteiger partial charge in [-0.1, -0.05) is 5.16 Å². The molecule has 0 aromatic carbocycles. The van der Waals surface area contributed by atoms with E-state index >= 15 is 0 Å². The molecule has 0 amide bonds. The lowest BCUT2D eigenvalue weighted by Gasteiger charge is -2.07. The third-order valence-electron chi connectivity index (χ3n) is 2.75. The molecule has 1 aliphatic heterocycles. The number of aromatic nitrogens is 1. The quantitative estimate of drug-likeness (QED) is 0.748. The molecule has 2 rings (SSSR count). The Morgan fingerprint density at radius 3 is 3.27 bits per heavy atom. The molecule has 4 nitrogen and oxygen atoms in total. The Bertz CT molecular complexity index is 293. The summed E-state index contributed by atoms with van der Waals surface area (Å²) in [6.07, 6.45) is 2.42. The van der Waals surface area contributed by atoms with Gasteiger partial charge in [0.2, 0.25) is 0 Å². The summed E-state index contributed by atoms with van der Waals surface area (Å²) >= 11 is 0. The number of ether oxygens (including phenoxy) is 1. The molecule has 0 saturated carbocycles. The first-order valence-corrected chi connectivity index (χ1v) is 5.55. The van der Waals surface area contributed by atoms with Crippen LogP contribution in [0, 0.1) is 12.8 Å². The summed E-state index contributed by atoms with van der Waals surface area (Å²) in [6, 6.07) is 1.91. The van der Waals surface area contributed by atoms with Gasteiger partial charge in [-0.2, -0.15) is 0 Å². The van der Waals surface area contributed by atoms with Crippen LogP contribution in [0.15, 0.2) is 10.6 Å². The van der Waals surface area contributed by atoms with Crippen LogP contribution in [-0.2, 0) is 11.3 Å². The van der Waals surface area contributed by atoms with Crippen LogP contribution in [0.25, 0.3) is 0 Å². The maximum Gasteiger partial charge on any atom is 0.162 e. The van der Waals surface area contributed by atoms with E-state index in [-0.39, 0.29) is 0 Å². The number of rotatable bonds is 5. The largest absolute Gasteiger partial charge is 0.373 e. The first-order valence-electron chi connectivity index (χ1n) is 5.55. The van der Waals surface area contributed by atoms with E-state index in [1.54, 1.807) is 0 Å². The summed E-state index contributed by atoms with van der Waals surface area (Å²) in [6.45, 7) is 5.57. The van der Waals surface area contributed by atoms with Gasteiger partial charge in [-0.3, -0.25) is 0 Å². The van der Waals surface area contributed by atoms with Crippen LogP contribution in [0.3, 0.4) is 0 Å². The maximum atomic E-state index is 5.53. The minimum atomic E-state index is 0.543. The van der Waals surface area contributed by atoms with Crippen molar-refractivity contribution in [3.63, 3.8) is 0 Å². The van der Waals surface area contributed by atoms with E-state index in [1.165, 1.54) is 6.42 Å². The fourth-order valence-electron chi connectivity index (χ4n) is 1.87. The second-order valence-corrected chi connectivity index (χ2v) is 4.13. The van der Waals surface area contributed by atoms with Crippen molar-refractivity contribution in [3.8, 4) is 0 Å². The summed E-state index contributed by atoms with van der Waals surface area (Å²) in [7, 11) is 0. The predicted octanol–water partition coefficient (Wildman–Crippen LogP) is 1.50. The zero-order valence-corrected chi connectivity index (χ0v) is 9.16. The van der Waals surface area contributed by atoms with Crippen LogP contribution in [-0.4, -0.2) is 24.9 Å². The molecule has 1 aliphatic rings. The molecule has 84 valence electrons. The number of aryl methyl sites for hydroxylation is 1. The molecule has 2 heterocycles. The summed E-state index contributed by atoms with van der Waals surface area (Å²) in [5.74, 6) is 1.61. The van der Waals surface area contributed by atoms with E-state index < -0.39 is 0 Å². The van der Waals surface area contributed by atoms with Crippen molar-refractivity contribution in [2.24, 2.45) is 5.92 Å². The number of nitrogens with one attached hydrogen (secondary N) is 1. The van der Waals surface area contributed by atoms with Crippen LogP contribution in [0.4, 0.5) is 0 Å². The summed E-state index contributed by atoms with van der Waals surface area (Å²) in [5.41, 5.74) is 0.911. The number of hydrogen-bond acceptors (Lipinski definition) is 4. The zero-order chi connectivity index (χ0) is 10.5. The Kier molecular flexibility index (Phi) is 3.75. The summed E-state index contributed by atoms with van der Waals surface area (Å²) < 4.78 is 10.6. The molecule has 0 aliphatic carbocycles. The van der Waals surface area contributed by atoms with Crippen molar-refractivity contribution in [1.29, 1.82) is 0 Å². The zero-order valence-electron chi connectivity index (χ0n) is 9.16. The molecule has 1 N–H and O–H groups in total. The smallest absolute Gasteiger partial charge is 0.162 e. The highest BCUT2D eigenvalue weighted by molar-refractivity contribution is 5.01. The van der Waals surface area contributed by atoms with Crippen molar-refractivity contribution in [1.82, 2.24) is 10.5 Å². The molecule has 1 fully saturated rings. The third kappa shape index (κ3) is 3.32. The normalized spacial score (nSPS) is 21.0. The number of hydrogen-bond donors (Lipinski definition) is 1. The van der Waals surface area contributed by atoms with Gasteiger partial charge in [0.05, 0.1) is 5.69 Å². The molecular weight excluding hydrogens is 192 g/mol.